The molecule has 1 saturated heterocycles. The average molecular weight is 289 g/mol. The minimum atomic E-state index is -0.0243. The maximum atomic E-state index is 12.1. The molecule has 0 bridgehead atoms. The Hall–Kier alpha value is -1.49. The average Bonchev–Trinajstić information content (AvgIpc) is 3.05. The van der Waals surface area contributed by atoms with E-state index in [-0.39, 0.29) is 11.4 Å². The van der Waals surface area contributed by atoms with Crippen LogP contribution in [-0.4, -0.2) is 35.9 Å². The first kappa shape index (κ1) is 13.2. The van der Waals surface area contributed by atoms with Crippen molar-refractivity contribution in [1.82, 2.24) is 15.2 Å². The van der Waals surface area contributed by atoms with Crippen molar-refractivity contribution < 1.29 is 9.53 Å². The van der Waals surface area contributed by atoms with E-state index in [9.17, 15) is 4.79 Å². The van der Waals surface area contributed by atoms with Gasteiger partial charge in [0.1, 0.15) is 0 Å². The molecular formula is C16H23N3O2. The summed E-state index contributed by atoms with van der Waals surface area (Å²) < 4.78 is 7.94. The Labute approximate surface area is 125 Å². The normalized spacial score (nSPS) is 32.1. The highest BCUT2D eigenvalue weighted by Crippen LogP contribution is 2.62. The van der Waals surface area contributed by atoms with Gasteiger partial charge in [-0.1, -0.05) is 6.42 Å². The summed E-state index contributed by atoms with van der Waals surface area (Å²) in [4.78, 5) is 12.1. The molecule has 1 aromatic heterocycles. The Bertz CT molecular complexity index is 510. The van der Waals surface area contributed by atoms with Crippen LogP contribution >= 0.6 is 0 Å². The fourth-order valence-corrected chi connectivity index (χ4v) is 4.47. The van der Waals surface area contributed by atoms with Gasteiger partial charge >= 0.3 is 6.03 Å². The van der Waals surface area contributed by atoms with E-state index in [1.165, 1.54) is 19.3 Å². The van der Waals surface area contributed by atoms with Gasteiger partial charge in [-0.15, -0.1) is 0 Å². The van der Waals surface area contributed by atoms with Gasteiger partial charge in [0, 0.05) is 49.5 Å². The molecule has 1 aliphatic heterocycles. The van der Waals surface area contributed by atoms with Crippen LogP contribution < -0.4 is 10.6 Å². The van der Waals surface area contributed by atoms with Crippen LogP contribution in [0, 0.1) is 11.3 Å². The fraction of sp³-hybridized carbons (Fsp3) is 0.688. The number of nitrogens with zero attached hydrogens (tertiary/aromatic N) is 1. The Kier molecular flexibility index (Phi) is 3.17. The first-order valence-electron chi connectivity index (χ1n) is 8.06. The monoisotopic (exact) mass is 289 g/mol. The molecule has 2 amide bonds. The lowest BCUT2D eigenvalue weighted by Crippen LogP contribution is -2.72. The van der Waals surface area contributed by atoms with Crippen LogP contribution in [-0.2, 0) is 11.3 Å². The fourth-order valence-electron chi connectivity index (χ4n) is 4.47. The molecule has 1 aromatic rings. The van der Waals surface area contributed by atoms with Crippen LogP contribution in [0.15, 0.2) is 24.5 Å². The molecule has 0 unspecified atom stereocenters. The zero-order valence-corrected chi connectivity index (χ0v) is 12.3. The third-order valence-corrected chi connectivity index (χ3v) is 5.64. The highest BCUT2D eigenvalue weighted by atomic mass is 16.5. The van der Waals surface area contributed by atoms with Gasteiger partial charge in [-0.3, -0.25) is 0 Å². The quantitative estimate of drug-likeness (QED) is 0.887. The van der Waals surface area contributed by atoms with Crippen molar-refractivity contribution in [3.8, 4) is 0 Å². The SMILES string of the molecule is O=C(NCCn1cccc1)N[C@@H]1[C@@H]2CCO[C@H]2C12CCC2. The number of hydrogen-bond donors (Lipinski definition) is 2. The van der Waals surface area contributed by atoms with Gasteiger partial charge < -0.3 is 19.9 Å². The molecule has 2 N–H and O–H groups in total. The number of fused-ring (bicyclic) bond motifs is 2. The second kappa shape index (κ2) is 5.05. The lowest BCUT2D eigenvalue weighted by molar-refractivity contribution is -0.172. The topological polar surface area (TPSA) is 55.3 Å². The lowest BCUT2D eigenvalue weighted by Gasteiger charge is -2.63. The second-order valence-electron chi connectivity index (χ2n) is 6.63. The molecule has 3 aliphatic rings. The molecule has 0 aromatic carbocycles. The van der Waals surface area contributed by atoms with Gasteiger partial charge in [-0.2, -0.15) is 0 Å². The molecule has 5 heteroatoms. The number of carbonyl (C=O) groups excluding carboxylic acids is 1. The molecule has 1 spiro atoms. The number of amides is 2. The van der Waals surface area contributed by atoms with Crippen LogP contribution in [0.2, 0.25) is 0 Å². The van der Waals surface area contributed by atoms with Crippen molar-refractivity contribution in [2.45, 2.75) is 44.4 Å². The molecule has 5 nitrogen and oxygen atoms in total. The summed E-state index contributed by atoms with van der Waals surface area (Å²) in [6, 6.07) is 4.29. The van der Waals surface area contributed by atoms with E-state index < -0.39 is 0 Å². The second-order valence-corrected chi connectivity index (χ2v) is 6.63. The Morgan fingerprint density at radius 3 is 2.86 bits per heavy atom. The zero-order chi connectivity index (χ0) is 14.3. The van der Waals surface area contributed by atoms with Gasteiger partial charge in [0.15, 0.2) is 0 Å². The van der Waals surface area contributed by atoms with Crippen molar-refractivity contribution in [3.63, 3.8) is 0 Å². The summed E-state index contributed by atoms with van der Waals surface area (Å²) in [6.07, 6.45) is 9.23. The molecule has 114 valence electrons. The third-order valence-electron chi connectivity index (χ3n) is 5.64. The predicted molar refractivity (Wildman–Crippen MR) is 78.9 cm³/mol. The van der Waals surface area contributed by atoms with Crippen molar-refractivity contribution in [2.24, 2.45) is 11.3 Å². The number of aromatic nitrogens is 1. The van der Waals surface area contributed by atoms with Crippen LogP contribution in [0.25, 0.3) is 0 Å². The van der Waals surface area contributed by atoms with Crippen LogP contribution in [0.5, 0.6) is 0 Å². The van der Waals surface area contributed by atoms with Gasteiger partial charge in [0.05, 0.1) is 6.10 Å². The van der Waals surface area contributed by atoms with Gasteiger partial charge in [-0.25, -0.2) is 4.79 Å². The molecule has 2 aliphatic carbocycles. The van der Waals surface area contributed by atoms with Gasteiger partial charge in [0.25, 0.3) is 0 Å². The molecule has 2 saturated carbocycles. The Morgan fingerprint density at radius 1 is 1.33 bits per heavy atom. The van der Waals surface area contributed by atoms with Crippen LogP contribution in [0.3, 0.4) is 0 Å². The molecule has 3 atom stereocenters. The first-order valence-corrected chi connectivity index (χ1v) is 8.06. The summed E-state index contributed by atoms with van der Waals surface area (Å²) in [5, 5.41) is 6.20. The van der Waals surface area contributed by atoms with Gasteiger partial charge in [-0.05, 0) is 31.4 Å². The molecule has 3 fully saturated rings. The number of urea groups is 1. The van der Waals surface area contributed by atoms with Crippen molar-refractivity contribution in [3.05, 3.63) is 24.5 Å². The van der Waals surface area contributed by atoms with Crippen molar-refractivity contribution in [2.75, 3.05) is 13.2 Å². The van der Waals surface area contributed by atoms with Gasteiger partial charge in [0.2, 0.25) is 0 Å². The maximum absolute atomic E-state index is 12.1. The van der Waals surface area contributed by atoms with E-state index in [0.717, 1.165) is 19.6 Å². The van der Waals surface area contributed by atoms with Crippen LogP contribution in [0.1, 0.15) is 25.7 Å². The Morgan fingerprint density at radius 2 is 2.14 bits per heavy atom. The first-order chi connectivity index (χ1) is 10.3. The molecule has 2 heterocycles. The number of rotatable bonds is 4. The number of nitrogens with one attached hydrogen (secondary N) is 2. The van der Waals surface area contributed by atoms with E-state index in [1.54, 1.807) is 0 Å². The summed E-state index contributed by atoms with van der Waals surface area (Å²) in [6.45, 7) is 2.33. The highest BCUT2D eigenvalue weighted by Gasteiger charge is 2.66. The smallest absolute Gasteiger partial charge is 0.315 e. The largest absolute Gasteiger partial charge is 0.377 e. The molecule has 4 rings (SSSR count). The maximum Gasteiger partial charge on any atom is 0.315 e. The van der Waals surface area contributed by atoms with E-state index in [2.05, 4.69) is 15.2 Å². The summed E-state index contributed by atoms with van der Waals surface area (Å²) >= 11 is 0. The minimum Gasteiger partial charge on any atom is -0.377 e. The predicted octanol–water partition coefficient (Wildman–Crippen LogP) is 1.74. The van der Waals surface area contributed by atoms with Crippen molar-refractivity contribution >= 4 is 6.03 Å². The summed E-state index contributed by atoms with van der Waals surface area (Å²) in [5.74, 6) is 0.542. The minimum absolute atomic E-state index is 0.0243. The number of ether oxygens (including phenoxy) is 1. The molecular weight excluding hydrogens is 266 g/mol. The molecule has 0 radical (unpaired) electrons. The zero-order valence-electron chi connectivity index (χ0n) is 12.3. The number of carbonyl (C=O) groups is 1. The van der Waals surface area contributed by atoms with E-state index in [4.69, 9.17) is 4.74 Å². The van der Waals surface area contributed by atoms with E-state index >= 15 is 0 Å². The standard InChI is InChI=1S/C16H23N3O2/c20-15(17-7-10-19-8-1-2-9-19)18-13-12-4-11-21-14(12)16(13)5-3-6-16/h1-2,8-9,12-14H,3-7,10-11H2,(H2,17,18,20)/t12-,13+,14+/m0/s1. The lowest BCUT2D eigenvalue weighted by atomic mass is 9.46. The van der Waals surface area contributed by atoms with Crippen molar-refractivity contribution in [1.29, 1.82) is 0 Å². The summed E-state index contributed by atoms with van der Waals surface area (Å²) in [7, 11) is 0. The number of hydrogen-bond acceptors (Lipinski definition) is 2. The van der Waals surface area contributed by atoms with E-state index in [0.29, 0.717) is 24.6 Å². The summed E-state index contributed by atoms with van der Waals surface area (Å²) in [5.41, 5.74) is 0.263. The highest BCUT2D eigenvalue weighted by molar-refractivity contribution is 5.74. The molecule has 21 heavy (non-hydrogen) atoms. The van der Waals surface area contributed by atoms with Crippen LogP contribution in [0.4, 0.5) is 4.79 Å². The third kappa shape index (κ3) is 2.06. The Balaban J connectivity index is 1.28. The van der Waals surface area contributed by atoms with E-state index in [1.807, 2.05) is 24.5 Å².